The van der Waals surface area contributed by atoms with E-state index in [1.54, 1.807) is 0 Å². The molecule has 1 heterocycles. The topological polar surface area (TPSA) is 41.6 Å². The van der Waals surface area contributed by atoms with E-state index in [1.165, 1.54) is 17.5 Å². The Hall–Kier alpha value is -1.55. The molecule has 3 rings (SSSR count). The maximum Gasteiger partial charge on any atom is 0.413 e. The summed E-state index contributed by atoms with van der Waals surface area (Å²) >= 11 is 0. The van der Waals surface area contributed by atoms with Crippen LogP contribution >= 0.6 is 0 Å². The zero-order valence-electron chi connectivity index (χ0n) is 14.9. The molecule has 0 spiro atoms. The van der Waals surface area contributed by atoms with Crippen LogP contribution in [0.1, 0.15) is 52.2 Å². The molecule has 1 saturated heterocycles. The zero-order valence-corrected chi connectivity index (χ0v) is 14.9. The lowest BCUT2D eigenvalue weighted by Crippen LogP contribution is -2.42. The van der Waals surface area contributed by atoms with E-state index in [1.807, 2.05) is 26.8 Å². The van der Waals surface area contributed by atoms with E-state index in [4.69, 9.17) is 4.74 Å². The summed E-state index contributed by atoms with van der Waals surface area (Å²) in [5.41, 5.74) is 2.65. The van der Waals surface area contributed by atoms with Gasteiger partial charge in [-0.05, 0) is 70.0 Å². The Morgan fingerprint density at radius 2 is 2.17 bits per heavy atom. The van der Waals surface area contributed by atoms with E-state index in [2.05, 4.69) is 36.2 Å². The van der Waals surface area contributed by atoms with E-state index in [-0.39, 0.29) is 11.0 Å². The highest BCUT2D eigenvalue weighted by atomic mass is 16.6. The molecular weight excluding hydrogens is 288 g/mol. The predicted molar refractivity (Wildman–Crippen MR) is 92.1 cm³/mol. The van der Waals surface area contributed by atoms with Crippen molar-refractivity contribution in [2.24, 2.45) is 0 Å². The molecule has 2 aliphatic rings. The van der Waals surface area contributed by atoms with E-state index in [9.17, 15) is 4.79 Å². The molecule has 126 valence electrons. The smallest absolute Gasteiger partial charge is 0.410 e. The third kappa shape index (κ3) is 2.97. The maximum atomic E-state index is 12.0. The Balaban J connectivity index is 1.81. The van der Waals surface area contributed by atoms with Crippen molar-refractivity contribution in [3.8, 4) is 5.75 Å². The number of nitrogens with one attached hydrogen (secondary N) is 1. The number of fused-ring (bicyclic) bond motifs is 3. The molecule has 1 aromatic rings. The van der Waals surface area contributed by atoms with Crippen molar-refractivity contribution in [1.29, 1.82) is 0 Å². The lowest BCUT2D eigenvalue weighted by atomic mass is 9.80. The molecule has 1 amide bonds. The number of hydrogen-bond acceptors (Lipinski definition) is 3. The van der Waals surface area contributed by atoms with Gasteiger partial charge in [-0.1, -0.05) is 19.9 Å². The molecule has 1 N–H and O–H groups in total. The second-order valence-corrected chi connectivity index (χ2v) is 8.10. The minimum atomic E-state index is -0.390. The molecule has 1 aliphatic carbocycles. The van der Waals surface area contributed by atoms with Crippen LogP contribution in [0.4, 0.5) is 4.79 Å². The zero-order chi connectivity index (χ0) is 16.8. The van der Waals surface area contributed by atoms with Crippen molar-refractivity contribution >= 4 is 6.09 Å². The van der Waals surface area contributed by atoms with E-state index in [0.717, 1.165) is 19.5 Å². The molecule has 0 unspecified atom stereocenters. The summed E-state index contributed by atoms with van der Waals surface area (Å²) in [5, 5.41) is 2.84. The number of amides is 1. The normalized spacial score (nSPS) is 26.7. The van der Waals surface area contributed by atoms with Crippen LogP contribution in [0.5, 0.6) is 5.75 Å². The predicted octanol–water partition coefficient (Wildman–Crippen LogP) is 3.48. The quantitative estimate of drug-likeness (QED) is 0.908. The highest BCUT2D eigenvalue weighted by Crippen LogP contribution is 2.48. The first-order chi connectivity index (χ1) is 10.7. The SMILES string of the molecule is CCN1CC[C@]2(C)c3cc(OC(=O)NC(C)(C)C)ccc3C[C@H]12. The first-order valence-corrected chi connectivity index (χ1v) is 8.60. The maximum absolute atomic E-state index is 12.0. The molecule has 0 saturated carbocycles. The largest absolute Gasteiger partial charge is 0.413 e. The molecule has 0 bridgehead atoms. The van der Waals surface area contributed by atoms with Crippen LogP contribution in [-0.4, -0.2) is 35.7 Å². The number of carbonyl (C=O) groups excluding carboxylic acids is 1. The summed E-state index contributed by atoms with van der Waals surface area (Å²) in [6, 6.07) is 6.71. The van der Waals surface area contributed by atoms with Crippen molar-refractivity contribution in [2.75, 3.05) is 13.1 Å². The Morgan fingerprint density at radius 3 is 2.83 bits per heavy atom. The summed E-state index contributed by atoms with van der Waals surface area (Å²) in [6.07, 6.45) is 1.89. The Kier molecular flexibility index (Phi) is 3.91. The summed E-state index contributed by atoms with van der Waals surface area (Å²) in [7, 11) is 0. The van der Waals surface area contributed by atoms with Crippen LogP contribution < -0.4 is 10.1 Å². The number of rotatable bonds is 2. The molecular formula is C19H28N2O2. The number of ether oxygens (including phenoxy) is 1. The lowest BCUT2D eigenvalue weighted by molar-refractivity contribution is 0.190. The molecule has 4 heteroatoms. The van der Waals surface area contributed by atoms with E-state index >= 15 is 0 Å². The minimum Gasteiger partial charge on any atom is -0.410 e. The number of benzene rings is 1. The van der Waals surface area contributed by atoms with Gasteiger partial charge in [-0.3, -0.25) is 4.90 Å². The van der Waals surface area contributed by atoms with Gasteiger partial charge in [0.15, 0.2) is 0 Å². The van der Waals surface area contributed by atoms with Crippen molar-refractivity contribution in [3.63, 3.8) is 0 Å². The Labute approximate surface area is 139 Å². The number of hydrogen-bond donors (Lipinski definition) is 1. The highest BCUT2D eigenvalue weighted by molar-refractivity contribution is 5.71. The Morgan fingerprint density at radius 1 is 1.43 bits per heavy atom. The van der Waals surface area contributed by atoms with Gasteiger partial charge in [0, 0.05) is 17.0 Å². The van der Waals surface area contributed by atoms with Gasteiger partial charge in [-0.2, -0.15) is 0 Å². The van der Waals surface area contributed by atoms with Crippen LogP contribution in [0, 0.1) is 0 Å². The van der Waals surface area contributed by atoms with Gasteiger partial charge in [-0.25, -0.2) is 4.79 Å². The third-order valence-corrected chi connectivity index (χ3v) is 5.30. The van der Waals surface area contributed by atoms with Gasteiger partial charge in [0.2, 0.25) is 0 Å². The van der Waals surface area contributed by atoms with Crippen molar-refractivity contribution in [3.05, 3.63) is 29.3 Å². The summed E-state index contributed by atoms with van der Waals surface area (Å²) < 4.78 is 5.50. The second kappa shape index (κ2) is 5.52. The standard InChI is InChI=1S/C19H28N2O2/c1-6-21-10-9-19(5)15-12-14(8-7-13(15)11-16(19)21)23-17(22)20-18(2,3)4/h7-8,12,16H,6,9-11H2,1-5H3,(H,20,22)/t16-,19+/m0/s1. The number of nitrogens with zero attached hydrogens (tertiary/aromatic N) is 1. The minimum absolute atomic E-state index is 0.186. The van der Waals surface area contributed by atoms with E-state index in [0.29, 0.717) is 11.8 Å². The molecule has 1 fully saturated rings. The first kappa shape index (κ1) is 16.3. The van der Waals surface area contributed by atoms with Crippen molar-refractivity contribution < 1.29 is 9.53 Å². The van der Waals surface area contributed by atoms with Crippen LogP contribution in [0.2, 0.25) is 0 Å². The van der Waals surface area contributed by atoms with Crippen LogP contribution in [0.25, 0.3) is 0 Å². The average Bonchev–Trinajstić information content (AvgIpc) is 2.89. The van der Waals surface area contributed by atoms with Gasteiger partial charge in [-0.15, -0.1) is 0 Å². The number of likely N-dealkylation sites (N-methyl/N-ethyl adjacent to an activating group) is 1. The molecule has 0 aromatic heterocycles. The fraction of sp³-hybridized carbons (Fsp3) is 0.632. The van der Waals surface area contributed by atoms with Crippen LogP contribution in [0.15, 0.2) is 18.2 Å². The van der Waals surface area contributed by atoms with Crippen molar-refractivity contribution in [2.45, 2.75) is 64.5 Å². The number of carbonyl (C=O) groups is 1. The fourth-order valence-corrected chi connectivity index (χ4v) is 4.12. The third-order valence-electron chi connectivity index (χ3n) is 5.30. The Bertz CT molecular complexity index is 620. The second-order valence-electron chi connectivity index (χ2n) is 8.10. The van der Waals surface area contributed by atoms with Gasteiger partial charge >= 0.3 is 6.09 Å². The van der Waals surface area contributed by atoms with Gasteiger partial charge in [0.05, 0.1) is 0 Å². The molecule has 4 nitrogen and oxygen atoms in total. The van der Waals surface area contributed by atoms with Crippen molar-refractivity contribution in [1.82, 2.24) is 10.2 Å². The highest BCUT2D eigenvalue weighted by Gasteiger charge is 2.49. The van der Waals surface area contributed by atoms with Crippen LogP contribution in [-0.2, 0) is 11.8 Å². The average molecular weight is 316 g/mol. The van der Waals surface area contributed by atoms with Gasteiger partial charge in [0.25, 0.3) is 0 Å². The molecule has 1 aliphatic heterocycles. The summed E-state index contributed by atoms with van der Waals surface area (Å²) in [4.78, 5) is 14.6. The van der Waals surface area contributed by atoms with Gasteiger partial charge < -0.3 is 10.1 Å². The molecule has 2 atom stereocenters. The summed E-state index contributed by atoms with van der Waals surface area (Å²) in [6.45, 7) is 12.7. The lowest BCUT2D eigenvalue weighted by Gasteiger charge is -2.29. The first-order valence-electron chi connectivity index (χ1n) is 8.60. The monoisotopic (exact) mass is 316 g/mol. The molecule has 23 heavy (non-hydrogen) atoms. The summed E-state index contributed by atoms with van der Waals surface area (Å²) in [5.74, 6) is 0.641. The fourth-order valence-electron chi connectivity index (χ4n) is 4.12. The molecule has 0 radical (unpaired) electrons. The van der Waals surface area contributed by atoms with Crippen LogP contribution in [0.3, 0.4) is 0 Å². The molecule has 1 aromatic carbocycles. The van der Waals surface area contributed by atoms with E-state index < -0.39 is 6.09 Å². The number of likely N-dealkylation sites (tertiary alicyclic amines) is 1. The van der Waals surface area contributed by atoms with Gasteiger partial charge in [0.1, 0.15) is 5.75 Å².